The van der Waals surface area contributed by atoms with E-state index in [9.17, 15) is 4.79 Å². The van der Waals surface area contributed by atoms with Crippen molar-refractivity contribution in [3.05, 3.63) is 64.0 Å². The van der Waals surface area contributed by atoms with Crippen LogP contribution in [0, 0.1) is 0 Å². The van der Waals surface area contributed by atoms with Gasteiger partial charge in [-0.3, -0.25) is 4.79 Å². The summed E-state index contributed by atoms with van der Waals surface area (Å²) in [6.07, 6.45) is 3.99. The molecule has 0 fully saturated rings. The molecular formula is C21H22Cl2N4O2. The highest BCUT2D eigenvalue weighted by Crippen LogP contribution is 2.32. The summed E-state index contributed by atoms with van der Waals surface area (Å²) in [5.41, 5.74) is 1.81. The van der Waals surface area contributed by atoms with Gasteiger partial charge < -0.3 is 14.2 Å². The Morgan fingerprint density at radius 1 is 1.17 bits per heavy atom. The number of carbonyl (C=O) groups excluding carboxylic acids is 1. The number of benzene rings is 1. The van der Waals surface area contributed by atoms with Gasteiger partial charge in [-0.2, -0.15) is 5.10 Å². The van der Waals surface area contributed by atoms with E-state index in [2.05, 4.69) is 25.3 Å². The second-order valence-electron chi connectivity index (χ2n) is 8.04. The zero-order chi connectivity index (χ0) is 20.8. The van der Waals surface area contributed by atoms with E-state index in [1.165, 1.54) is 0 Å². The first-order chi connectivity index (χ1) is 13.7. The van der Waals surface area contributed by atoms with E-state index < -0.39 is 0 Å². The van der Waals surface area contributed by atoms with Gasteiger partial charge in [0.05, 0.1) is 29.3 Å². The molecule has 3 heterocycles. The lowest BCUT2D eigenvalue weighted by Crippen LogP contribution is -2.32. The number of fused-ring (bicyclic) bond motifs is 1. The molecule has 0 saturated heterocycles. The first-order valence-electron chi connectivity index (χ1n) is 9.34. The number of ether oxygens (including phenoxy) is 1. The Morgan fingerprint density at radius 2 is 1.90 bits per heavy atom. The van der Waals surface area contributed by atoms with Gasteiger partial charge in [0.2, 0.25) is 0 Å². The summed E-state index contributed by atoms with van der Waals surface area (Å²) in [5, 5.41) is 5.72. The van der Waals surface area contributed by atoms with Crippen LogP contribution in [0.4, 0.5) is 0 Å². The molecule has 0 unspecified atom stereocenters. The fourth-order valence-corrected chi connectivity index (χ4v) is 3.87. The molecule has 1 aliphatic rings. The maximum absolute atomic E-state index is 12.7. The van der Waals surface area contributed by atoms with Crippen molar-refractivity contribution in [2.75, 3.05) is 6.61 Å². The van der Waals surface area contributed by atoms with E-state index in [0.717, 1.165) is 17.1 Å². The molecule has 0 N–H and O–H groups in total. The minimum absolute atomic E-state index is 0.0935. The van der Waals surface area contributed by atoms with Crippen LogP contribution in [0.1, 0.15) is 32.0 Å². The molecule has 0 aliphatic carbocycles. The van der Waals surface area contributed by atoms with Crippen LogP contribution in [0.15, 0.2) is 42.7 Å². The van der Waals surface area contributed by atoms with Gasteiger partial charge in [-0.05, 0) is 51.1 Å². The lowest BCUT2D eigenvalue weighted by atomic mass is 10.1. The van der Waals surface area contributed by atoms with Gasteiger partial charge in [-0.15, -0.1) is 0 Å². The minimum Gasteiger partial charge on any atom is -0.482 e. The Hall–Kier alpha value is -2.44. The number of rotatable bonds is 4. The normalized spacial score (nSPS) is 13.6. The van der Waals surface area contributed by atoms with E-state index in [4.69, 9.17) is 33.0 Å². The summed E-state index contributed by atoms with van der Waals surface area (Å²) in [5.74, 6) is 1.32. The van der Waals surface area contributed by atoms with E-state index >= 15 is 0 Å². The lowest BCUT2D eigenvalue weighted by Gasteiger charge is -2.24. The molecular weight excluding hydrogens is 411 g/mol. The molecule has 1 aromatic carbocycles. The van der Waals surface area contributed by atoms with Crippen molar-refractivity contribution in [1.82, 2.24) is 19.2 Å². The van der Waals surface area contributed by atoms with Gasteiger partial charge in [0.1, 0.15) is 11.6 Å². The van der Waals surface area contributed by atoms with Crippen molar-refractivity contribution in [3.8, 4) is 11.6 Å². The summed E-state index contributed by atoms with van der Waals surface area (Å²) < 4.78 is 9.69. The molecule has 4 rings (SSSR count). The topological polar surface area (TPSA) is 52.3 Å². The maximum Gasteiger partial charge on any atom is 0.261 e. The van der Waals surface area contributed by atoms with E-state index in [1.807, 2.05) is 29.2 Å². The van der Waals surface area contributed by atoms with Gasteiger partial charge in [-0.1, -0.05) is 23.2 Å². The number of halogens is 2. The lowest BCUT2D eigenvalue weighted by molar-refractivity contribution is -0.134. The number of hydrogen-bond acceptors (Lipinski definition) is 3. The van der Waals surface area contributed by atoms with E-state index in [1.54, 1.807) is 23.1 Å². The zero-order valence-electron chi connectivity index (χ0n) is 16.5. The summed E-state index contributed by atoms with van der Waals surface area (Å²) in [6, 6.07) is 8.89. The van der Waals surface area contributed by atoms with Gasteiger partial charge in [0.25, 0.3) is 5.91 Å². The van der Waals surface area contributed by atoms with E-state index in [0.29, 0.717) is 28.9 Å². The molecule has 0 saturated carbocycles. The molecule has 152 valence electrons. The summed E-state index contributed by atoms with van der Waals surface area (Å²) in [4.78, 5) is 14.5. The van der Waals surface area contributed by atoms with Crippen molar-refractivity contribution >= 4 is 29.1 Å². The Morgan fingerprint density at radius 3 is 2.55 bits per heavy atom. The van der Waals surface area contributed by atoms with Crippen molar-refractivity contribution < 1.29 is 9.53 Å². The quantitative estimate of drug-likeness (QED) is 0.602. The van der Waals surface area contributed by atoms with Crippen molar-refractivity contribution in [2.24, 2.45) is 0 Å². The highest BCUT2D eigenvalue weighted by molar-refractivity contribution is 6.35. The van der Waals surface area contributed by atoms with Gasteiger partial charge in [0, 0.05) is 23.0 Å². The predicted molar refractivity (Wildman–Crippen MR) is 113 cm³/mol. The van der Waals surface area contributed by atoms with Gasteiger partial charge in [0.15, 0.2) is 6.61 Å². The number of amides is 1. The van der Waals surface area contributed by atoms with Crippen LogP contribution in [-0.4, -0.2) is 31.8 Å². The third kappa shape index (κ3) is 3.87. The first-order valence-corrected chi connectivity index (χ1v) is 10.1. The minimum atomic E-state index is -0.173. The third-order valence-electron chi connectivity index (χ3n) is 4.81. The molecule has 29 heavy (non-hydrogen) atoms. The highest BCUT2D eigenvalue weighted by Gasteiger charge is 2.33. The molecule has 3 aromatic rings. The fraction of sp³-hybridized carbons (Fsp3) is 0.333. The molecule has 6 nitrogen and oxygen atoms in total. The van der Waals surface area contributed by atoms with Crippen LogP contribution in [-0.2, 0) is 23.4 Å². The summed E-state index contributed by atoms with van der Waals surface area (Å²) in [6.45, 7) is 7.22. The Bertz CT molecular complexity index is 1050. The van der Waals surface area contributed by atoms with Crippen LogP contribution >= 0.6 is 23.2 Å². The first kappa shape index (κ1) is 19.9. The molecule has 0 bridgehead atoms. The number of nitrogens with zero attached hydrogens (tertiary/aromatic N) is 4. The zero-order valence-corrected chi connectivity index (χ0v) is 18.0. The smallest absolute Gasteiger partial charge is 0.261 e. The number of carbonyl (C=O) groups is 1. The Kier molecular flexibility index (Phi) is 5.09. The number of aromatic nitrogens is 3. The molecule has 8 heteroatoms. The largest absolute Gasteiger partial charge is 0.482 e. The fourth-order valence-electron chi connectivity index (χ4n) is 3.41. The highest BCUT2D eigenvalue weighted by atomic mass is 35.5. The molecule has 2 aromatic heterocycles. The third-order valence-corrected chi connectivity index (χ3v) is 5.34. The molecule has 1 amide bonds. The summed E-state index contributed by atoms with van der Waals surface area (Å²) >= 11 is 12.0. The van der Waals surface area contributed by atoms with Crippen LogP contribution in [0.2, 0.25) is 10.0 Å². The Labute approximate surface area is 179 Å². The van der Waals surface area contributed by atoms with Crippen molar-refractivity contribution in [1.29, 1.82) is 0 Å². The van der Waals surface area contributed by atoms with Crippen LogP contribution < -0.4 is 4.74 Å². The standard InChI is InChI=1S/C21H22Cl2N4O2/c1-21(2,3)27-20(25-8-4-5-9-25)15-11-26(12-17(15)24-27)19(28)13-29-18-7-6-14(22)10-16(18)23/h4-10H,11-13H2,1-3H3. The van der Waals surface area contributed by atoms with Crippen molar-refractivity contribution in [3.63, 3.8) is 0 Å². The second kappa shape index (κ2) is 7.43. The SMILES string of the molecule is CC(C)(C)n1nc2c(c1-n1cccc1)CN(C(=O)COc1ccc(Cl)cc1Cl)C2. The second-order valence-corrected chi connectivity index (χ2v) is 8.88. The number of hydrogen-bond donors (Lipinski definition) is 0. The van der Waals surface area contributed by atoms with Crippen LogP contribution in [0.5, 0.6) is 5.75 Å². The summed E-state index contributed by atoms with van der Waals surface area (Å²) in [7, 11) is 0. The van der Waals surface area contributed by atoms with E-state index in [-0.39, 0.29) is 18.1 Å². The monoisotopic (exact) mass is 432 g/mol. The van der Waals surface area contributed by atoms with Crippen LogP contribution in [0.3, 0.4) is 0 Å². The maximum atomic E-state index is 12.7. The van der Waals surface area contributed by atoms with Crippen molar-refractivity contribution in [2.45, 2.75) is 39.4 Å². The average Bonchev–Trinajstić information content (AvgIpc) is 3.35. The average molecular weight is 433 g/mol. The molecule has 1 aliphatic heterocycles. The molecule has 0 atom stereocenters. The van der Waals surface area contributed by atoms with Crippen LogP contribution in [0.25, 0.3) is 5.82 Å². The Balaban J connectivity index is 1.52. The predicted octanol–water partition coefficient (Wildman–Crippen LogP) is 4.66. The van der Waals surface area contributed by atoms with Gasteiger partial charge in [-0.25, -0.2) is 4.68 Å². The van der Waals surface area contributed by atoms with Gasteiger partial charge >= 0.3 is 0 Å². The molecule has 0 radical (unpaired) electrons. The molecule has 0 spiro atoms.